The van der Waals surface area contributed by atoms with E-state index in [0.717, 1.165) is 6.42 Å². The summed E-state index contributed by atoms with van der Waals surface area (Å²) in [5.41, 5.74) is 1.85. The Bertz CT molecular complexity index is 818. The normalized spacial score (nSPS) is 13.8. The number of amides is 3. The van der Waals surface area contributed by atoms with E-state index in [1.54, 1.807) is 34.5 Å². The zero-order valence-electron chi connectivity index (χ0n) is 13.7. The van der Waals surface area contributed by atoms with Crippen molar-refractivity contribution in [3.63, 3.8) is 0 Å². The van der Waals surface area contributed by atoms with Crippen LogP contribution >= 0.6 is 11.3 Å². The first kappa shape index (κ1) is 17.1. The predicted octanol–water partition coefficient (Wildman–Crippen LogP) is 2.41. The van der Waals surface area contributed by atoms with Gasteiger partial charge in [-0.05, 0) is 24.6 Å². The third-order valence-corrected chi connectivity index (χ3v) is 4.56. The van der Waals surface area contributed by atoms with Crippen molar-refractivity contribution in [3.8, 4) is 0 Å². The van der Waals surface area contributed by atoms with Crippen LogP contribution in [0.4, 0.5) is 16.5 Å². The number of nitrogens with one attached hydrogen (secondary N) is 2. The molecule has 130 valence electrons. The Morgan fingerprint density at radius 2 is 2.04 bits per heavy atom. The summed E-state index contributed by atoms with van der Waals surface area (Å²) in [7, 11) is 0. The Kier molecular flexibility index (Phi) is 5.08. The summed E-state index contributed by atoms with van der Waals surface area (Å²) in [5, 5.41) is 7.90. The van der Waals surface area contributed by atoms with E-state index in [2.05, 4.69) is 15.6 Å². The van der Waals surface area contributed by atoms with Crippen LogP contribution in [0.2, 0.25) is 0 Å². The average Bonchev–Trinajstić information content (AvgIpc) is 3.15. The van der Waals surface area contributed by atoms with Crippen LogP contribution in [-0.2, 0) is 20.8 Å². The molecular formula is C17H18N4O3S. The van der Waals surface area contributed by atoms with Gasteiger partial charge < -0.3 is 10.6 Å². The fraction of sp³-hybridized carbons (Fsp3) is 0.294. The van der Waals surface area contributed by atoms with Crippen molar-refractivity contribution < 1.29 is 14.4 Å². The third kappa shape index (κ3) is 4.42. The average molecular weight is 358 g/mol. The number of thiazole rings is 1. The number of rotatable bonds is 5. The summed E-state index contributed by atoms with van der Waals surface area (Å²) < 4.78 is 0. The maximum Gasteiger partial charge on any atom is 0.230 e. The van der Waals surface area contributed by atoms with Gasteiger partial charge in [0, 0.05) is 36.6 Å². The first-order valence-electron chi connectivity index (χ1n) is 7.93. The van der Waals surface area contributed by atoms with Gasteiger partial charge in [-0.2, -0.15) is 0 Å². The SMILES string of the molecule is CC(=O)Nc1cccc(NC(=O)Cc2csc(N3CCCC3=O)n2)c1. The molecule has 0 bridgehead atoms. The fourth-order valence-corrected chi connectivity index (χ4v) is 3.47. The van der Waals surface area contributed by atoms with Crippen molar-refractivity contribution in [3.05, 3.63) is 35.3 Å². The summed E-state index contributed by atoms with van der Waals surface area (Å²) in [4.78, 5) is 41.1. The summed E-state index contributed by atoms with van der Waals surface area (Å²) in [6.45, 7) is 2.12. The van der Waals surface area contributed by atoms with Crippen LogP contribution < -0.4 is 15.5 Å². The zero-order chi connectivity index (χ0) is 17.8. The minimum absolute atomic E-state index is 0.0835. The van der Waals surface area contributed by atoms with E-state index >= 15 is 0 Å². The molecule has 0 radical (unpaired) electrons. The molecule has 0 unspecified atom stereocenters. The Morgan fingerprint density at radius 1 is 1.28 bits per heavy atom. The second-order valence-corrected chi connectivity index (χ2v) is 6.59. The second-order valence-electron chi connectivity index (χ2n) is 5.76. The maximum atomic E-state index is 12.2. The molecule has 3 rings (SSSR count). The van der Waals surface area contributed by atoms with Crippen LogP contribution in [0.3, 0.4) is 0 Å². The Hall–Kier alpha value is -2.74. The van der Waals surface area contributed by atoms with Gasteiger partial charge in [0.15, 0.2) is 5.13 Å². The lowest BCUT2D eigenvalue weighted by Crippen LogP contribution is -2.23. The minimum atomic E-state index is -0.204. The molecule has 2 heterocycles. The zero-order valence-corrected chi connectivity index (χ0v) is 14.6. The van der Waals surface area contributed by atoms with Gasteiger partial charge in [0.1, 0.15) is 0 Å². The van der Waals surface area contributed by atoms with Gasteiger partial charge in [0.25, 0.3) is 0 Å². The molecule has 0 saturated carbocycles. The van der Waals surface area contributed by atoms with Crippen molar-refractivity contribution in [2.24, 2.45) is 0 Å². The van der Waals surface area contributed by atoms with E-state index in [4.69, 9.17) is 0 Å². The first-order valence-corrected chi connectivity index (χ1v) is 8.81. The molecule has 1 aliphatic heterocycles. The minimum Gasteiger partial charge on any atom is -0.326 e. The molecule has 1 aromatic carbocycles. The molecule has 1 aromatic heterocycles. The molecule has 1 fully saturated rings. The van der Waals surface area contributed by atoms with Crippen LogP contribution in [-0.4, -0.2) is 29.3 Å². The number of carbonyl (C=O) groups is 3. The summed E-state index contributed by atoms with van der Waals surface area (Å²) >= 11 is 1.37. The number of hydrogen-bond acceptors (Lipinski definition) is 5. The van der Waals surface area contributed by atoms with Crippen molar-refractivity contribution >= 4 is 45.6 Å². The van der Waals surface area contributed by atoms with Crippen LogP contribution in [0.15, 0.2) is 29.6 Å². The number of aromatic nitrogens is 1. The van der Waals surface area contributed by atoms with E-state index in [1.807, 2.05) is 0 Å². The molecule has 7 nitrogen and oxygen atoms in total. The van der Waals surface area contributed by atoms with Gasteiger partial charge in [-0.15, -0.1) is 11.3 Å². The molecule has 1 aliphatic rings. The van der Waals surface area contributed by atoms with Crippen molar-refractivity contribution in [1.29, 1.82) is 0 Å². The van der Waals surface area contributed by atoms with Gasteiger partial charge in [0.2, 0.25) is 17.7 Å². The number of hydrogen-bond donors (Lipinski definition) is 2. The highest BCUT2D eigenvalue weighted by Crippen LogP contribution is 2.25. The Morgan fingerprint density at radius 3 is 2.72 bits per heavy atom. The van der Waals surface area contributed by atoms with E-state index in [-0.39, 0.29) is 24.1 Å². The maximum absolute atomic E-state index is 12.2. The smallest absolute Gasteiger partial charge is 0.230 e. The fourth-order valence-electron chi connectivity index (χ4n) is 2.60. The standard InChI is InChI=1S/C17H18N4O3S/c1-11(22)18-12-4-2-5-13(8-12)19-15(23)9-14-10-25-17(20-14)21-7-3-6-16(21)24/h2,4-5,8,10H,3,6-7,9H2,1H3,(H,18,22)(H,19,23). The number of nitrogens with zero attached hydrogens (tertiary/aromatic N) is 2. The molecule has 3 amide bonds. The molecule has 8 heteroatoms. The van der Waals surface area contributed by atoms with Crippen LogP contribution in [0.5, 0.6) is 0 Å². The monoisotopic (exact) mass is 358 g/mol. The van der Waals surface area contributed by atoms with Crippen LogP contribution in [0.25, 0.3) is 0 Å². The van der Waals surface area contributed by atoms with Crippen LogP contribution in [0, 0.1) is 0 Å². The lowest BCUT2D eigenvalue weighted by atomic mass is 10.2. The molecule has 1 saturated heterocycles. The largest absolute Gasteiger partial charge is 0.326 e. The van der Waals surface area contributed by atoms with Gasteiger partial charge in [0.05, 0.1) is 12.1 Å². The topological polar surface area (TPSA) is 91.4 Å². The number of anilines is 3. The molecule has 25 heavy (non-hydrogen) atoms. The summed E-state index contributed by atoms with van der Waals surface area (Å²) in [6.07, 6.45) is 1.53. The summed E-state index contributed by atoms with van der Waals surface area (Å²) in [6, 6.07) is 6.94. The summed E-state index contributed by atoms with van der Waals surface area (Å²) in [5.74, 6) is -0.292. The highest BCUT2D eigenvalue weighted by atomic mass is 32.1. The molecule has 0 aliphatic carbocycles. The van der Waals surface area contributed by atoms with Gasteiger partial charge >= 0.3 is 0 Å². The highest BCUT2D eigenvalue weighted by Gasteiger charge is 2.24. The van der Waals surface area contributed by atoms with E-state index in [9.17, 15) is 14.4 Å². The Labute approximate surface area is 149 Å². The quantitative estimate of drug-likeness (QED) is 0.859. The molecular weight excluding hydrogens is 340 g/mol. The Balaban J connectivity index is 1.60. The second kappa shape index (κ2) is 7.43. The van der Waals surface area contributed by atoms with Crippen LogP contribution in [0.1, 0.15) is 25.5 Å². The van der Waals surface area contributed by atoms with Gasteiger partial charge in [-0.25, -0.2) is 4.98 Å². The van der Waals surface area contributed by atoms with E-state index < -0.39 is 0 Å². The lowest BCUT2D eigenvalue weighted by molar-refractivity contribution is -0.117. The van der Waals surface area contributed by atoms with Crippen molar-refractivity contribution in [1.82, 2.24) is 4.98 Å². The molecule has 0 atom stereocenters. The molecule has 2 aromatic rings. The number of benzene rings is 1. The van der Waals surface area contributed by atoms with E-state index in [1.165, 1.54) is 18.3 Å². The molecule has 2 N–H and O–H groups in total. The predicted molar refractivity (Wildman–Crippen MR) is 96.8 cm³/mol. The van der Waals surface area contributed by atoms with Crippen molar-refractivity contribution in [2.75, 3.05) is 22.1 Å². The van der Waals surface area contributed by atoms with Crippen molar-refractivity contribution in [2.45, 2.75) is 26.2 Å². The first-order chi connectivity index (χ1) is 12.0. The third-order valence-electron chi connectivity index (χ3n) is 3.65. The highest BCUT2D eigenvalue weighted by molar-refractivity contribution is 7.14. The lowest BCUT2D eigenvalue weighted by Gasteiger charge is -2.10. The van der Waals surface area contributed by atoms with E-state index in [0.29, 0.717) is 35.2 Å². The van der Waals surface area contributed by atoms with Gasteiger partial charge in [-0.3, -0.25) is 19.3 Å². The van der Waals surface area contributed by atoms with Gasteiger partial charge in [-0.1, -0.05) is 6.07 Å². The molecule has 0 spiro atoms. The number of carbonyl (C=O) groups excluding carboxylic acids is 3.